The summed E-state index contributed by atoms with van der Waals surface area (Å²) in [6.45, 7) is 3.51. The molecule has 0 aliphatic carbocycles. The predicted octanol–water partition coefficient (Wildman–Crippen LogP) is 1.14. The van der Waals surface area contributed by atoms with Crippen LogP contribution < -0.4 is 20.1 Å². The van der Waals surface area contributed by atoms with Gasteiger partial charge in [0, 0.05) is 23.8 Å². The van der Waals surface area contributed by atoms with E-state index in [9.17, 15) is 13.2 Å². The van der Waals surface area contributed by atoms with E-state index >= 15 is 0 Å². The van der Waals surface area contributed by atoms with Gasteiger partial charge in [-0.2, -0.15) is 0 Å². The Morgan fingerprint density at radius 1 is 1.33 bits per heavy atom. The normalized spacial score (nSPS) is 11.8. The number of sulfonamides is 1. The molecule has 118 valence electrons. The molecule has 0 bridgehead atoms. The summed E-state index contributed by atoms with van der Waals surface area (Å²) in [4.78, 5) is 11.8. The van der Waals surface area contributed by atoms with E-state index in [-0.39, 0.29) is 6.54 Å². The van der Waals surface area contributed by atoms with Gasteiger partial charge in [0.05, 0.1) is 13.4 Å². The highest BCUT2D eigenvalue weighted by Gasteiger charge is 2.22. The van der Waals surface area contributed by atoms with Crippen LogP contribution in [0.1, 0.15) is 13.8 Å². The van der Waals surface area contributed by atoms with Gasteiger partial charge < -0.3 is 15.4 Å². The Hall–Kier alpha value is -1.80. The van der Waals surface area contributed by atoms with Crippen molar-refractivity contribution in [3.8, 4) is 5.75 Å². The largest absolute Gasteiger partial charge is 0.497 e. The molecule has 1 aromatic rings. The number of carbonyl (C=O) groups is 1. The lowest BCUT2D eigenvalue weighted by molar-refractivity contribution is 0.249. The Balaban J connectivity index is 2.54. The first kappa shape index (κ1) is 17.3. The van der Waals surface area contributed by atoms with Crippen LogP contribution in [0.2, 0.25) is 0 Å². The van der Waals surface area contributed by atoms with Gasteiger partial charge in [0.2, 0.25) is 10.0 Å². The first-order chi connectivity index (χ1) is 9.61. The third-order valence-corrected chi connectivity index (χ3v) is 3.40. The van der Waals surface area contributed by atoms with Gasteiger partial charge in [0.1, 0.15) is 5.75 Å². The van der Waals surface area contributed by atoms with Gasteiger partial charge >= 0.3 is 6.03 Å². The van der Waals surface area contributed by atoms with Gasteiger partial charge in [0.15, 0.2) is 0 Å². The Morgan fingerprint density at radius 2 is 2.00 bits per heavy atom. The fourth-order valence-electron chi connectivity index (χ4n) is 1.72. The van der Waals surface area contributed by atoms with E-state index in [1.165, 1.54) is 0 Å². The SMILES string of the molecule is COc1cccc(NC(=O)NCC(C)(C)NS(C)(=O)=O)c1. The van der Waals surface area contributed by atoms with Crippen molar-refractivity contribution < 1.29 is 17.9 Å². The number of nitrogens with one attached hydrogen (secondary N) is 3. The molecule has 0 aromatic heterocycles. The van der Waals surface area contributed by atoms with Crippen molar-refractivity contribution in [2.45, 2.75) is 19.4 Å². The highest BCUT2D eigenvalue weighted by molar-refractivity contribution is 7.88. The molecule has 0 fully saturated rings. The molecule has 0 saturated carbocycles. The summed E-state index contributed by atoms with van der Waals surface area (Å²) in [7, 11) is -1.80. The van der Waals surface area contributed by atoms with E-state index in [0.717, 1.165) is 6.26 Å². The van der Waals surface area contributed by atoms with Crippen molar-refractivity contribution in [2.75, 3.05) is 25.2 Å². The predicted molar refractivity (Wildman–Crippen MR) is 82.1 cm³/mol. The molecule has 0 radical (unpaired) electrons. The number of hydrogen-bond acceptors (Lipinski definition) is 4. The van der Waals surface area contributed by atoms with Crippen LogP contribution in [0, 0.1) is 0 Å². The second-order valence-corrected chi connectivity index (χ2v) is 7.05. The second-order valence-electron chi connectivity index (χ2n) is 5.30. The Kier molecular flexibility index (Phi) is 5.56. The summed E-state index contributed by atoms with van der Waals surface area (Å²) in [6, 6.07) is 6.50. The minimum absolute atomic E-state index is 0.149. The van der Waals surface area contributed by atoms with Crippen LogP contribution in [0.15, 0.2) is 24.3 Å². The van der Waals surface area contributed by atoms with Crippen LogP contribution in [0.4, 0.5) is 10.5 Å². The average Bonchev–Trinajstić information content (AvgIpc) is 2.34. The molecule has 1 aromatic carbocycles. The standard InChI is InChI=1S/C13H21N3O4S/c1-13(2,16-21(4,18)19)9-14-12(17)15-10-6-5-7-11(8-10)20-3/h5-8,16H,9H2,1-4H3,(H2,14,15,17). The monoisotopic (exact) mass is 315 g/mol. The summed E-state index contributed by atoms with van der Waals surface area (Å²) in [5.74, 6) is 0.631. The first-order valence-corrected chi connectivity index (χ1v) is 8.18. The van der Waals surface area contributed by atoms with E-state index in [2.05, 4.69) is 15.4 Å². The van der Waals surface area contributed by atoms with Gasteiger partial charge in [-0.3, -0.25) is 0 Å². The minimum Gasteiger partial charge on any atom is -0.497 e. The van der Waals surface area contributed by atoms with Crippen LogP contribution >= 0.6 is 0 Å². The zero-order valence-electron chi connectivity index (χ0n) is 12.6. The molecule has 0 heterocycles. The first-order valence-electron chi connectivity index (χ1n) is 6.29. The topological polar surface area (TPSA) is 96.5 Å². The smallest absolute Gasteiger partial charge is 0.319 e. The Labute approximate surface area is 125 Å². The number of anilines is 1. The van der Waals surface area contributed by atoms with Gasteiger partial charge in [-0.25, -0.2) is 17.9 Å². The van der Waals surface area contributed by atoms with Gasteiger partial charge in [0.25, 0.3) is 0 Å². The Morgan fingerprint density at radius 3 is 2.57 bits per heavy atom. The summed E-state index contributed by atoms with van der Waals surface area (Å²) >= 11 is 0. The fraction of sp³-hybridized carbons (Fsp3) is 0.462. The van der Waals surface area contributed by atoms with Crippen molar-refractivity contribution in [1.82, 2.24) is 10.0 Å². The van der Waals surface area contributed by atoms with Crippen LogP contribution in [-0.2, 0) is 10.0 Å². The van der Waals surface area contributed by atoms with Crippen LogP contribution in [0.5, 0.6) is 5.75 Å². The van der Waals surface area contributed by atoms with E-state index in [1.54, 1.807) is 45.2 Å². The fourth-order valence-corrected chi connectivity index (χ4v) is 2.79. The number of amides is 2. The van der Waals surface area contributed by atoms with Crippen molar-refractivity contribution in [3.63, 3.8) is 0 Å². The zero-order chi connectivity index (χ0) is 16.1. The Bertz CT molecular complexity index is 599. The van der Waals surface area contributed by atoms with Crippen molar-refractivity contribution >= 4 is 21.7 Å². The highest BCUT2D eigenvalue weighted by Crippen LogP contribution is 2.16. The highest BCUT2D eigenvalue weighted by atomic mass is 32.2. The summed E-state index contributed by atoms with van der Waals surface area (Å²) < 4.78 is 29.9. The third kappa shape index (κ3) is 6.96. The van der Waals surface area contributed by atoms with E-state index in [1.807, 2.05) is 0 Å². The molecule has 0 aliphatic heterocycles. The lowest BCUT2D eigenvalue weighted by Gasteiger charge is -2.25. The maximum atomic E-state index is 11.8. The number of methoxy groups -OCH3 is 1. The maximum absolute atomic E-state index is 11.8. The number of ether oxygens (including phenoxy) is 1. The summed E-state index contributed by atoms with van der Waals surface area (Å²) in [5.41, 5.74) is -0.194. The molecule has 7 nitrogen and oxygen atoms in total. The van der Waals surface area contributed by atoms with E-state index < -0.39 is 21.6 Å². The third-order valence-electron chi connectivity index (χ3n) is 2.48. The molecular weight excluding hydrogens is 294 g/mol. The zero-order valence-corrected chi connectivity index (χ0v) is 13.4. The van der Waals surface area contributed by atoms with Crippen molar-refractivity contribution in [2.24, 2.45) is 0 Å². The molecule has 1 rings (SSSR count). The second kappa shape index (κ2) is 6.77. The molecular formula is C13H21N3O4S. The number of hydrogen-bond donors (Lipinski definition) is 3. The molecule has 0 atom stereocenters. The maximum Gasteiger partial charge on any atom is 0.319 e. The molecule has 21 heavy (non-hydrogen) atoms. The molecule has 0 saturated heterocycles. The quantitative estimate of drug-likeness (QED) is 0.733. The summed E-state index contributed by atoms with van der Waals surface area (Å²) in [6.07, 6.45) is 1.07. The molecule has 3 N–H and O–H groups in total. The van der Waals surface area contributed by atoms with Crippen LogP contribution in [-0.4, -0.2) is 39.9 Å². The lowest BCUT2D eigenvalue weighted by Crippen LogP contribution is -2.51. The van der Waals surface area contributed by atoms with Gasteiger partial charge in [-0.15, -0.1) is 0 Å². The number of carbonyl (C=O) groups excluding carboxylic acids is 1. The van der Waals surface area contributed by atoms with Gasteiger partial charge in [-0.1, -0.05) is 6.07 Å². The number of benzene rings is 1. The van der Waals surface area contributed by atoms with Gasteiger partial charge in [-0.05, 0) is 26.0 Å². The minimum atomic E-state index is -3.34. The molecule has 8 heteroatoms. The van der Waals surface area contributed by atoms with Crippen molar-refractivity contribution in [1.29, 1.82) is 0 Å². The molecule has 2 amide bonds. The molecule has 0 aliphatic rings. The lowest BCUT2D eigenvalue weighted by atomic mass is 10.1. The molecule has 0 unspecified atom stereocenters. The number of urea groups is 1. The summed E-state index contributed by atoms with van der Waals surface area (Å²) in [5, 5.41) is 5.26. The van der Waals surface area contributed by atoms with E-state index in [4.69, 9.17) is 4.74 Å². The van der Waals surface area contributed by atoms with Crippen molar-refractivity contribution in [3.05, 3.63) is 24.3 Å². The molecule has 0 spiro atoms. The van der Waals surface area contributed by atoms with Crippen LogP contribution in [0.25, 0.3) is 0 Å². The number of rotatable bonds is 6. The van der Waals surface area contributed by atoms with E-state index in [0.29, 0.717) is 11.4 Å². The van der Waals surface area contributed by atoms with Crippen LogP contribution in [0.3, 0.4) is 0 Å². The average molecular weight is 315 g/mol.